The van der Waals surface area contributed by atoms with Gasteiger partial charge in [-0.05, 0) is 50.4 Å². The molecule has 0 saturated carbocycles. The lowest BCUT2D eigenvalue weighted by molar-refractivity contribution is -0.122. The Morgan fingerprint density at radius 2 is 2.00 bits per heavy atom. The summed E-state index contributed by atoms with van der Waals surface area (Å²) in [5.41, 5.74) is 1.21. The standard InChI is InChI=1S/C20H31N3O2S/c1-2-25-16-6-13-21-20(26)23-14-11-18(12-15-23)22-19(24)10-9-17-7-4-3-5-8-17/h3-5,7-8,18H,2,6,9-16H2,1H3,(H,21,26)(H,22,24). The third-order valence-corrected chi connectivity index (χ3v) is 4.98. The van der Waals surface area contributed by atoms with E-state index in [-0.39, 0.29) is 11.9 Å². The van der Waals surface area contributed by atoms with Gasteiger partial charge in [0.1, 0.15) is 0 Å². The summed E-state index contributed by atoms with van der Waals surface area (Å²) in [6.07, 6.45) is 4.18. The van der Waals surface area contributed by atoms with Crippen molar-refractivity contribution in [3.63, 3.8) is 0 Å². The fourth-order valence-electron chi connectivity index (χ4n) is 3.05. The Labute approximate surface area is 162 Å². The fraction of sp³-hybridized carbons (Fsp3) is 0.600. The molecule has 1 saturated heterocycles. The van der Waals surface area contributed by atoms with Gasteiger partial charge in [0.05, 0.1) is 0 Å². The quantitative estimate of drug-likeness (QED) is 0.512. The van der Waals surface area contributed by atoms with Crippen LogP contribution in [0.1, 0.15) is 38.2 Å². The number of piperidine rings is 1. The number of nitrogens with zero attached hydrogens (tertiary/aromatic N) is 1. The third kappa shape index (κ3) is 7.70. The summed E-state index contributed by atoms with van der Waals surface area (Å²) in [5, 5.41) is 7.28. The zero-order chi connectivity index (χ0) is 18.6. The monoisotopic (exact) mass is 377 g/mol. The Bertz CT molecular complexity index is 545. The Hall–Kier alpha value is -1.66. The van der Waals surface area contributed by atoms with Crippen molar-refractivity contribution in [3.8, 4) is 0 Å². The Morgan fingerprint density at radius 3 is 2.69 bits per heavy atom. The summed E-state index contributed by atoms with van der Waals surface area (Å²) < 4.78 is 5.32. The molecule has 1 fully saturated rings. The van der Waals surface area contributed by atoms with Crippen LogP contribution in [-0.4, -0.2) is 54.8 Å². The van der Waals surface area contributed by atoms with Crippen LogP contribution in [0.3, 0.4) is 0 Å². The first kappa shape index (κ1) is 20.6. The van der Waals surface area contributed by atoms with Crippen molar-refractivity contribution in [1.82, 2.24) is 15.5 Å². The summed E-state index contributed by atoms with van der Waals surface area (Å²) in [6.45, 7) is 6.15. The zero-order valence-corrected chi connectivity index (χ0v) is 16.5. The predicted molar refractivity (Wildman–Crippen MR) is 109 cm³/mol. The van der Waals surface area contributed by atoms with Gasteiger partial charge in [0, 0.05) is 45.3 Å². The van der Waals surface area contributed by atoms with Gasteiger partial charge in [-0.3, -0.25) is 4.79 Å². The van der Waals surface area contributed by atoms with Crippen LogP contribution in [0.5, 0.6) is 0 Å². The zero-order valence-electron chi connectivity index (χ0n) is 15.7. The lowest BCUT2D eigenvalue weighted by atomic mass is 10.0. The molecule has 0 aliphatic carbocycles. The van der Waals surface area contributed by atoms with E-state index in [0.29, 0.717) is 6.42 Å². The minimum atomic E-state index is 0.143. The van der Waals surface area contributed by atoms with Crippen molar-refractivity contribution in [2.24, 2.45) is 0 Å². The molecule has 1 aliphatic heterocycles. The highest BCUT2D eigenvalue weighted by Crippen LogP contribution is 2.11. The van der Waals surface area contributed by atoms with Gasteiger partial charge in [0.25, 0.3) is 0 Å². The van der Waals surface area contributed by atoms with E-state index in [2.05, 4.69) is 27.7 Å². The van der Waals surface area contributed by atoms with Gasteiger partial charge in [0.15, 0.2) is 5.11 Å². The van der Waals surface area contributed by atoms with E-state index < -0.39 is 0 Å². The molecule has 1 aliphatic rings. The molecule has 26 heavy (non-hydrogen) atoms. The van der Waals surface area contributed by atoms with Crippen molar-refractivity contribution < 1.29 is 9.53 Å². The topological polar surface area (TPSA) is 53.6 Å². The van der Waals surface area contributed by atoms with Gasteiger partial charge in [-0.15, -0.1) is 0 Å². The van der Waals surface area contributed by atoms with Crippen molar-refractivity contribution in [1.29, 1.82) is 0 Å². The van der Waals surface area contributed by atoms with E-state index in [1.54, 1.807) is 0 Å². The number of benzene rings is 1. The number of likely N-dealkylation sites (tertiary alicyclic amines) is 1. The molecule has 0 bridgehead atoms. The van der Waals surface area contributed by atoms with Gasteiger partial charge in [-0.25, -0.2) is 0 Å². The van der Waals surface area contributed by atoms with Gasteiger partial charge < -0.3 is 20.3 Å². The lowest BCUT2D eigenvalue weighted by Crippen LogP contribution is -2.49. The molecule has 0 spiro atoms. The highest BCUT2D eigenvalue weighted by Gasteiger charge is 2.21. The van der Waals surface area contributed by atoms with Crippen LogP contribution in [-0.2, 0) is 16.0 Å². The molecule has 1 heterocycles. The average molecular weight is 378 g/mol. The number of nitrogens with one attached hydrogen (secondary N) is 2. The van der Waals surface area contributed by atoms with E-state index in [0.717, 1.165) is 63.6 Å². The molecule has 2 N–H and O–H groups in total. The molecule has 2 rings (SSSR count). The van der Waals surface area contributed by atoms with Crippen LogP contribution in [0.25, 0.3) is 0 Å². The first-order chi connectivity index (χ1) is 12.7. The number of amides is 1. The molecule has 144 valence electrons. The highest BCUT2D eigenvalue weighted by atomic mass is 32.1. The fourth-order valence-corrected chi connectivity index (χ4v) is 3.34. The SMILES string of the molecule is CCOCCCNC(=S)N1CCC(NC(=O)CCc2ccccc2)CC1. The predicted octanol–water partition coefficient (Wildman–Crippen LogP) is 2.50. The molecule has 0 aromatic heterocycles. The molecular formula is C20H31N3O2S. The molecule has 6 heteroatoms. The number of hydrogen-bond acceptors (Lipinski definition) is 3. The highest BCUT2D eigenvalue weighted by molar-refractivity contribution is 7.80. The molecule has 1 aromatic carbocycles. The number of hydrogen-bond donors (Lipinski definition) is 2. The average Bonchev–Trinajstić information content (AvgIpc) is 2.67. The molecule has 1 amide bonds. The van der Waals surface area contributed by atoms with E-state index >= 15 is 0 Å². The second-order valence-electron chi connectivity index (χ2n) is 6.60. The number of ether oxygens (including phenoxy) is 1. The Balaban J connectivity index is 1.58. The second-order valence-corrected chi connectivity index (χ2v) is 6.98. The van der Waals surface area contributed by atoms with Gasteiger partial charge >= 0.3 is 0 Å². The molecule has 0 radical (unpaired) electrons. The van der Waals surface area contributed by atoms with Crippen LogP contribution in [0.4, 0.5) is 0 Å². The van der Waals surface area contributed by atoms with Crippen LogP contribution in [0, 0.1) is 0 Å². The largest absolute Gasteiger partial charge is 0.382 e. The maximum atomic E-state index is 12.2. The number of carbonyl (C=O) groups excluding carboxylic acids is 1. The smallest absolute Gasteiger partial charge is 0.220 e. The minimum Gasteiger partial charge on any atom is -0.382 e. The number of carbonyl (C=O) groups is 1. The Kier molecular flexibility index (Phi) is 9.42. The summed E-state index contributed by atoms with van der Waals surface area (Å²) in [5.74, 6) is 0.143. The van der Waals surface area contributed by atoms with E-state index in [9.17, 15) is 4.79 Å². The van der Waals surface area contributed by atoms with Gasteiger partial charge in [-0.2, -0.15) is 0 Å². The Morgan fingerprint density at radius 1 is 1.27 bits per heavy atom. The first-order valence-electron chi connectivity index (χ1n) is 9.63. The van der Waals surface area contributed by atoms with Crippen LogP contribution >= 0.6 is 12.2 Å². The van der Waals surface area contributed by atoms with Crippen LogP contribution < -0.4 is 10.6 Å². The molecule has 0 atom stereocenters. The summed E-state index contributed by atoms with van der Waals surface area (Å²) in [7, 11) is 0. The van der Waals surface area contributed by atoms with E-state index in [1.165, 1.54) is 5.56 Å². The van der Waals surface area contributed by atoms with Crippen molar-refractivity contribution in [3.05, 3.63) is 35.9 Å². The first-order valence-corrected chi connectivity index (χ1v) is 10.0. The second kappa shape index (κ2) is 11.9. The lowest BCUT2D eigenvalue weighted by Gasteiger charge is -2.34. The van der Waals surface area contributed by atoms with Crippen molar-refractivity contribution >= 4 is 23.2 Å². The summed E-state index contributed by atoms with van der Waals surface area (Å²) in [6, 6.07) is 10.4. The number of thiocarbonyl (C=S) groups is 1. The maximum absolute atomic E-state index is 12.2. The molecule has 0 unspecified atom stereocenters. The van der Waals surface area contributed by atoms with Gasteiger partial charge in [0.2, 0.25) is 5.91 Å². The van der Waals surface area contributed by atoms with Crippen LogP contribution in [0.15, 0.2) is 30.3 Å². The van der Waals surface area contributed by atoms with Crippen molar-refractivity contribution in [2.45, 2.75) is 45.1 Å². The number of rotatable bonds is 9. The normalized spacial score (nSPS) is 14.9. The summed E-state index contributed by atoms with van der Waals surface area (Å²) >= 11 is 5.46. The van der Waals surface area contributed by atoms with Crippen LogP contribution in [0.2, 0.25) is 0 Å². The van der Waals surface area contributed by atoms with E-state index in [1.807, 2.05) is 25.1 Å². The van der Waals surface area contributed by atoms with E-state index in [4.69, 9.17) is 17.0 Å². The molecular weight excluding hydrogens is 346 g/mol. The number of aryl methyl sites for hydroxylation is 1. The summed E-state index contributed by atoms with van der Waals surface area (Å²) in [4.78, 5) is 14.4. The minimum absolute atomic E-state index is 0.143. The van der Waals surface area contributed by atoms with Crippen molar-refractivity contribution in [2.75, 3.05) is 32.8 Å². The molecule has 5 nitrogen and oxygen atoms in total. The molecule has 1 aromatic rings. The maximum Gasteiger partial charge on any atom is 0.220 e. The van der Waals surface area contributed by atoms with Gasteiger partial charge in [-0.1, -0.05) is 30.3 Å². The third-order valence-electron chi connectivity index (χ3n) is 4.58.